The van der Waals surface area contributed by atoms with Crippen molar-refractivity contribution in [1.29, 1.82) is 10.5 Å². The highest BCUT2D eigenvalue weighted by atomic mass is 16.2. The predicted octanol–water partition coefficient (Wildman–Crippen LogP) is 1.19. The third-order valence-electron chi connectivity index (χ3n) is 3.87. The lowest BCUT2D eigenvalue weighted by Gasteiger charge is -2.40. The van der Waals surface area contributed by atoms with Crippen LogP contribution >= 0.6 is 0 Å². The standard InChI is InChI=1S/C15H13N3O2/c1-9-4-3-5-10(6-9)15(2)11(7-16)13(19)18-14(20)12(15)8-17/h3-6,11-12H,1-2H3,(H,18,19,20). The maximum Gasteiger partial charge on any atom is 0.244 e. The van der Waals surface area contributed by atoms with Crippen molar-refractivity contribution in [3.05, 3.63) is 35.4 Å². The van der Waals surface area contributed by atoms with E-state index in [1.807, 2.05) is 25.1 Å². The maximum absolute atomic E-state index is 11.9. The summed E-state index contributed by atoms with van der Waals surface area (Å²) >= 11 is 0. The van der Waals surface area contributed by atoms with Crippen molar-refractivity contribution in [1.82, 2.24) is 5.32 Å². The number of rotatable bonds is 1. The van der Waals surface area contributed by atoms with Gasteiger partial charge in [0.25, 0.3) is 0 Å². The molecular weight excluding hydrogens is 254 g/mol. The van der Waals surface area contributed by atoms with Crippen LogP contribution in [0, 0.1) is 41.4 Å². The Hall–Kier alpha value is -2.66. The Bertz CT molecular complexity index is 634. The molecule has 0 bridgehead atoms. The lowest BCUT2D eigenvalue weighted by Crippen LogP contribution is -2.58. The molecule has 20 heavy (non-hydrogen) atoms. The number of hydrogen-bond acceptors (Lipinski definition) is 4. The minimum absolute atomic E-state index is 0.645. The lowest BCUT2D eigenvalue weighted by atomic mass is 9.62. The fourth-order valence-electron chi connectivity index (χ4n) is 2.68. The molecule has 0 spiro atoms. The van der Waals surface area contributed by atoms with Gasteiger partial charge in [-0.2, -0.15) is 10.5 Å². The van der Waals surface area contributed by atoms with Gasteiger partial charge in [-0.05, 0) is 12.5 Å². The number of carbonyl (C=O) groups excluding carboxylic acids is 2. The second kappa shape index (κ2) is 4.79. The van der Waals surface area contributed by atoms with E-state index < -0.39 is 29.1 Å². The van der Waals surface area contributed by atoms with E-state index in [0.29, 0.717) is 5.56 Å². The number of nitriles is 2. The highest BCUT2D eigenvalue weighted by molar-refractivity contribution is 6.04. The monoisotopic (exact) mass is 267 g/mol. The van der Waals surface area contributed by atoms with Crippen molar-refractivity contribution in [2.24, 2.45) is 11.8 Å². The Morgan fingerprint density at radius 2 is 1.70 bits per heavy atom. The number of nitrogens with zero attached hydrogens (tertiary/aromatic N) is 2. The number of nitrogens with one attached hydrogen (secondary N) is 1. The average Bonchev–Trinajstić information content (AvgIpc) is 2.39. The molecule has 1 aromatic carbocycles. The van der Waals surface area contributed by atoms with Gasteiger partial charge in [0, 0.05) is 5.41 Å². The number of carbonyl (C=O) groups is 2. The lowest BCUT2D eigenvalue weighted by molar-refractivity contribution is -0.140. The first kappa shape index (κ1) is 13.8. The van der Waals surface area contributed by atoms with Crippen LogP contribution < -0.4 is 5.32 Å². The highest BCUT2D eigenvalue weighted by Gasteiger charge is 2.54. The zero-order chi connectivity index (χ0) is 14.9. The minimum atomic E-state index is -1.14. The fraction of sp³-hybridized carbons (Fsp3) is 0.333. The molecule has 2 rings (SSSR count). The average molecular weight is 267 g/mol. The molecular formula is C15H13N3O2. The molecule has 1 aliphatic heterocycles. The van der Waals surface area contributed by atoms with E-state index in [9.17, 15) is 20.1 Å². The molecule has 0 saturated carbocycles. The van der Waals surface area contributed by atoms with Crippen LogP contribution in [0.1, 0.15) is 18.1 Å². The van der Waals surface area contributed by atoms with Crippen LogP contribution in [0.15, 0.2) is 24.3 Å². The third-order valence-corrected chi connectivity index (χ3v) is 3.87. The first-order valence-electron chi connectivity index (χ1n) is 6.16. The van der Waals surface area contributed by atoms with Crippen molar-refractivity contribution in [3.63, 3.8) is 0 Å². The Kier molecular flexibility index (Phi) is 3.29. The van der Waals surface area contributed by atoms with Gasteiger partial charge in [-0.1, -0.05) is 36.8 Å². The summed E-state index contributed by atoms with van der Waals surface area (Å²) in [7, 11) is 0. The van der Waals surface area contributed by atoms with Gasteiger partial charge in [0.15, 0.2) is 0 Å². The summed E-state index contributed by atoms with van der Waals surface area (Å²) in [6, 6.07) is 11.1. The second-order valence-corrected chi connectivity index (χ2v) is 5.13. The molecule has 2 unspecified atom stereocenters. The zero-order valence-electron chi connectivity index (χ0n) is 11.2. The van der Waals surface area contributed by atoms with E-state index in [1.54, 1.807) is 25.1 Å². The van der Waals surface area contributed by atoms with Crippen LogP contribution in [0.25, 0.3) is 0 Å². The van der Waals surface area contributed by atoms with Gasteiger partial charge in [0.1, 0.15) is 11.8 Å². The normalized spacial score (nSPS) is 29.2. The van der Waals surface area contributed by atoms with Gasteiger partial charge in [-0.25, -0.2) is 0 Å². The Balaban J connectivity index is 2.68. The summed E-state index contributed by atoms with van der Waals surface area (Å²) < 4.78 is 0. The van der Waals surface area contributed by atoms with Crippen molar-refractivity contribution >= 4 is 11.8 Å². The molecule has 1 fully saturated rings. The third kappa shape index (κ3) is 1.85. The van der Waals surface area contributed by atoms with E-state index in [0.717, 1.165) is 5.56 Å². The van der Waals surface area contributed by atoms with Crippen molar-refractivity contribution in [2.45, 2.75) is 19.3 Å². The van der Waals surface area contributed by atoms with Crippen molar-refractivity contribution < 1.29 is 9.59 Å². The maximum atomic E-state index is 11.9. The number of hydrogen-bond donors (Lipinski definition) is 1. The number of aryl methyl sites for hydroxylation is 1. The molecule has 0 aliphatic carbocycles. The van der Waals surface area contributed by atoms with Crippen molar-refractivity contribution in [2.75, 3.05) is 0 Å². The Morgan fingerprint density at radius 1 is 1.15 bits per heavy atom. The summed E-state index contributed by atoms with van der Waals surface area (Å²) in [6.07, 6.45) is 0. The smallest absolute Gasteiger partial charge is 0.244 e. The molecule has 0 radical (unpaired) electrons. The molecule has 1 saturated heterocycles. The van der Waals surface area contributed by atoms with Crippen molar-refractivity contribution in [3.8, 4) is 12.1 Å². The van der Waals surface area contributed by atoms with Crippen LogP contribution in [0.5, 0.6) is 0 Å². The van der Waals surface area contributed by atoms with E-state index in [1.165, 1.54) is 0 Å². The summed E-state index contributed by atoms with van der Waals surface area (Å²) in [5.74, 6) is -3.45. The molecule has 2 amide bonds. The summed E-state index contributed by atoms with van der Waals surface area (Å²) in [5.41, 5.74) is 0.448. The van der Waals surface area contributed by atoms with Gasteiger partial charge in [0.2, 0.25) is 11.8 Å². The highest BCUT2D eigenvalue weighted by Crippen LogP contribution is 2.42. The van der Waals surface area contributed by atoms with Gasteiger partial charge in [-0.3, -0.25) is 14.9 Å². The molecule has 1 heterocycles. The predicted molar refractivity (Wildman–Crippen MR) is 69.9 cm³/mol. The van der Waals surface area contributed by atoms with Crippen LogP contribution in [0.4, 0.5) is 0 Å². The van der Waals surface area contributed by atoms with Crippen LogP contribution in [-0.2, 0) is 15.0 Å². The number of amides is 2. The second-order valence-electron chi connectivity index (χ2n) is 5.13. The summed E-state index contributed by atoms with van der Waals surface area (Å²) in [4.78, 5) is 23.8. The molecule has 1 aromatic rings. The van der Waals surface area contributed by atoms with Crippen LogP contribution in [0.2, 0.25) is 0 Å². The number of benzene rings is 1. The first-order chi connectivity index (χ1) is 9.44. The Morgan fingerprint density at radius 3 is 2.15 bits per heavy atom. The molecule has 5 heteroatoms. The van der Waals surface area contributed by atoms with Gasteiger partial charge in [0.05, 0.1) is 12.1 Å². The number of imide groups is 1. The topological polar surface area (TPSA) is 93.8 Å². The van der Waals surface area contributed by atoms with E-state index >= 15 is 0 Å². The largest absolute Gasteiger partial charge is 0.294 e. The molecule has 0 aromatic heterocycles. The molecule has 1 N–H and O–H groups in total. The quantitative estimate of drug-likeness (QED) is 0.773. The van der Waals surface area contributed by atoms with Gasteiger partial charge >= 0.3 is 0 Å². The zero-order valence-corrected chi connectivity index (χ0v) is 11.2. The van der Waals surface area contributed by atoms with E-state index in [2.05, 4.69) is 5.32 Å². The fourth-order valence-corrected chi connectivity index (χ4v) is 2.68. The molecule has 1 aliphatic rings. The van der Waals surface area contributed by atoms with E-state index in [4.69, 9.17) is 0 Å². The first-order valence-corrected chi connectivity index (χ1v) is 6.16. The Labute approximate surface area is 116 Å². The van der Waals surface area contributed by atoms with Gasteiger partial charge in [-0.15, -0.1) is 0 Å². The van der Waals surface area contributed by atoms with Gasteiger partial charge < -0.3 is 0 Å². The SMILES string of the molecule is Cc1cccc(C2(C)C(C#N)C(=O)NC(=O)C2C#N)c1. The minimum Gasteiger partial charge on any atom is -0.294 e. The van der Waals surface area contributed by atoms with Crippen LogP contribution in [0.3, 0.4) is 0 Å². The summed E-state index contributed by atoms with van der Waals surface area (Å²) in [5, 5.41) is 20.7. The van der Waals surface area contributed by atoms with E-state index in [-0.39, 0.29) is 0 Å². The van der Waals surface area contributed by atoms with Crippen LogP contribution in [-0.4, -0.2) is 11.8 Å². The molecule has 100 valence electrons. The molecule has 5 nitrogen and oxygen atoms in total. The summed E-state index contributed by atoms with van der Waals surface area (Å²) in [6.45, 7) is 3.50. The molecule has 2 atom stereocenters. The number of piperidine rings is 1.